The van der Waals surface area contributed by atoms with E-state index in [1.807, 2.05) is 46.6 Å². The number of imidazole rings is 2. The SMILES string of the molecule is Cn1cnc(-c2ccc3nc(Cn4c(=O)n(C5CC5)c5ccncc54)nc(OCC4CCOC4)c3c2)c1. The molecule has 2 fully saturated rings. The third-order valence-corrected chi connectivity index (χ3v) is 7.16. The first-order chi connectivity index (χ1) is 18.1. The van der Waals surface area contributed by atoms with Crippen LogP contribution in [-0.2, 0) is 18.3 Å². The minimum absolute atomic E-state index is 0.0507. The molecular formula is C27H27N7O3. The van der Waals surface area contributed by atoms with Crippen molar-refractivity contribution in [3.05, 3.63) is 65.5 Å². The van der Waals surface area contributed by atoms with Crippen molar-refractivity contribution in [1.82, 2.24) is 33.6 Å². The number of ether oxygens (including phenoxy) is 2. The second-order valence-corrected chi connectivity index (χ2v) is 9.98. The Morgan fingerprint density at radius 1 is 1.14 bits per heavy atom. The van der Waals surface area contributed by atoms with Crippen LogP contribution >= 0.6 is 0 Å². The van der Waals surface area contributed by atoms with E-state index in [0.29, 0.717) is 30.8 Å². The molecule has 37 heavy (non-hydrogen) atoms. The molecule has 1 unspecified atom stereocenters. The predicted molar refractivity (Wildman–Crippen MR) is 138 cm³/mol. The summed E-state index contributed by atoms with van der Waals surface area (Å²) in [6.07, 6.45) is 10.2. The van der Waals surface area contributed by atoms with Crippen LogP contribution in [0.25, 0.3) is 33.2 Å². The number of rotatable bonds is 7. The summed E-state index contributed by atoms with van der Waals surface area (Å²) in [5.41, 5.74) is 4.24. The van der Waals surface area contributed by atoms with E-state index in [9.17, 15) is 4.79 Å². The highest BCUT2D eigenvalue weighted by atomic mass is 16.5. The van der Waals surface area contributed by atoms with Gasteiger partial charge in [0.2, 0.25) is 5.88 Å². The monoisotopic (exact) mass is 497 g/mol. The van der Waals surface area contributed by atoms with Crippen LogP contribution in [0.1, 0.15) is 31.1 Å². The van der Waals surface area contributed by atoms with E-state index in [1.165, 1.54) is 0 Å². The summed E-state index contributed by atoms with van der Waals surface area (Å²) >= 11 is 0. The largest absolute Gasteiger partial charge is 0.477 e. The summed E-state index contributed by atoms with van der Waals surface area (Å²) in [4.78, 5) is 31.8. The molecule has 2 aliphatic rings. The highest BCUT2D eigenvalue weighted by molar-refractivity contribution is 5.87. The summed E-state index contributed by atoms with van der Waals surface area (Å²) in [5, 5.41) is 0.820. The van der Waals surface area contributed by atoms with Crippen LogP contribution in [0.3, 0.4) is 0 Å². The summed E-state index contributed by atoms with van der Waals surface area (Å²) in [5.74, 6) is 1.37. The van der Waals surface area contributed by atoms with Crippen LogP contribution in [0, 0.1) is 5.92 Å². The second kappa shape index (κ2) is 8.81. The summed E-state index contributed by atoms with van der Waals surface area (Å²) in [6, 6.07) is 8.16. The summed E-state index contributed by atoms with van der Waals surface area (Å²) in [7, 11) is 1.95. The molecule has 188 valence electrons. The second-order valence-electron chi connectivity index (χ2n) is 9.98. The molecule has 0 N–H and O–H groups in total. The highest BCUT2D eigenvalue weighted by Gasteiger charge is 2.29. The number of benzene rings is 1. The van der Waals surface area contributed by atoms with Gasteiger partial charge in [-0.3, -0.25) is 14.1 Å². The van der Waals surface area contributed by atoms with Gasteiger partial charge in [0, 0.05) is 43.6 Å². The van der Waals surface area contributed by atoms with Crippen LogP contribution in [0.15, 0.2) is 54.0 Å². The van der Waals surface area contributed by atoms with Gasteiger partial charge in [0.25, 0.3) is 0 Å². The van der Waals surface area contributed by atoms with E-state index in [2.05, 4.69) is 9.97 Å². The Hall–Kier alpha value is -4.05. The Kier molecular flexibility index (Phi) is 5.28. The third kappa shape index (κ3) is 4.07. The van der Waals surface area contributed by atoms with E-state index < -0.39 is 0 Å². The molecular weight excluding hydrogens is 470 g/mol. The van der Waals surface area contributed by atoms with Crippen molar-refractivity contribution in [1.29, 1.82) is 0 Å². The molecule has 0 bridgehead atoms. The summed E-state index contributed by atoms with van der Waals surface area (Å²) < 4.78 is 17.3. The van der Waals surface area contributed by atoms with Crippen LogP contribution in [0.4, 0.5) is 0 Å². The van der Waals surface area contributed by atoms with Crippen molar-refractivity contribution >= 4 is 21.9 Å². The van der Waals surface area contributed by atoms with Gasteiger partial charge in [-0.15, -0.1) is 0 Å². The number of hydrogen-bond donors (Lipinski definition) is 0. The molecule has 0 spiro atoms. The Balaban J connectivity index is 1.31. The van der Waals surface area contributed by atoms with Gasteiger partial charge < -0.3 is 14.0 Å². The van der Waals surface area contributed by atoms with Crippen molar-refractivity contribution in [2.75, 3.05) is 19.8 Å². The zero-order chi connectivity index (χ0) is 24.9. The van der Waals surface area contributed by atoms with Gasteiger partial charge in [0.15, 0.2) is 5.82 Å². The first kappa shape index (κ1) is 22.2. The lowest BCUT2D eigenvalue weighted by Crippen LogP contribution is -2.25. The van der Waals surface area contributed by atoms with Gasteiger partial charge in [-0.05, 0) is 37.5 Å². The maximum Gasteiger partial charge on any atom is 0.329 e. The maximum absolute atomic E-state index is 13.4. The highest BCUT2D eigenvalue weighted by Crippen LogP contribution is 2.36. The molecule has 10 heteroatoms. The van der Waals surface area contributed by atoms with Crippen molar-refractivity contribution < 1.29 is 9.47 Å². The van der Waals surface area contributed by atoms with Crippen molar-refractivity contribution in [2.45, 2.75) is 31.8 Å². The first-order valence-electron chi connectivity index (χ1n) is 12.7. The molecule has 1 saturated carbocycles. The zero-order valence-corrected chi connectivity index (χ0v) is 20.6. The Morgan fingerprint density at radius 2 is 2.05 bits per heavy atom. The number of pyridine rings is 1. The fraction of sp³-hybridized carbons (Fsp3) is 0.370. The Morgan fingerprint density at radius 3 is 2.84 bits per heavy atom. The van der Waals surface area contributed by atoms with E-state index in [0.717, 1.165) is 59.1 Å². The van der Waals surface area contributed by atoms with Gasteiger partial charge >= 0.3 is 5.69 Å². The van der Waals surface area contributed by atoms with Gasteiger partial charge in [-0.1, -0.05) is 6.07 Å². The van der Waals surface area contributed by atoms with Crippen molar-refractivity contribution in [3.8, 4) is 17.1 Å². The molecule has 5 heterocycles. The van der Waals surface area contributed by atoms with Crippen molar-refractivity contribution in [2.24, 2.45) is 13.0 Å². The summed E-state index contributed by atoms with van der Waals surface area (Å²) in [6.45, 7) is 2.21. The maximum atomic E-state index is 13.4. The van der Waals surface area contributed by atoms with Gasteiger partial charge in [0.05, 0.1) is 59.9 Å². The molecule has 1 saturated heterocycles. The van der Waals surface area contributed by atoms with Crippen molar-refractivity contribution in [3.63, 3.8) is 0 Å². The molecule has 4 aromatic heterocycles. The fourth-order valence-electron chi connectivity index (χ4n) is 5.07. The third-order valence-electron chi connectivity index (χ3n) is 7.16. The van der Waals surface area contributed by atoms with E-state index >= 15 is 0 Å². The molecule has 5 aromatic rings. The lowest BCUT2D eigenvalue weighted by molar-refractivity contribution is 0.166. The molecule has 1 atom stereocenters. The number of hydrogen-bond acceptors (Lipinski definition) is 7. The molecule has 10 nitrogen and oxygen atoms in total. The lowest BCUT2D eigenvalue weighted by atomic mass is 10.1. The predicted octanol–water partition coefficient (Wildman–Crippen LogP) is 3.34. The van der Waals surface area contributed by atoms with Crippen LogP contribution in [0.5, 0.6) is 5.88 Å². The first-order valence-corrected chi connectivity index (χ1v) is 12.7. The molecule has 1 aliphatic carbocycles. The average Bonchev–Trinajstić information content (AvgIpc) is 3.30. The van der Waals surface area contributed by atoms with Gasteiger partial charge in [0.1, 0.15) is 0 Å². The number of fused-ring (bicyclic) bond motifs is 2. The smallest absolute Gasteiger partial charge is 0.329 e. The van der Waals surface area contributed by atoms with E-state index in [-0.39, 0.29) is 18.3 Å². The Bertz CT molecular complexity index is 1670. The van der Waals surface area contributed by atoms with E-state index in [1.54, 1.807) is 23.3 Å². The molecule has 0 amide bonds. The molecule has 0 radical (unpaired) electrons. The van der Waals surface area contributed by atoms with Crippen LogP contribution in [0.2, 0.25) is 0 Å². The Labute approximate surface area is 212 Å². The minimum atomic E-state index is -0.0507. The van der Waals surface area contributed by atoms with E-state index in [4.69, 9.17) is 19.4 Å². The minimum Gasteiger partial charge on any atom is -0.477 e. The lowest BCUT2D eigenvalue weighted by Gasteiger charge is -2.14. The van der Waals surface area contributed by atoms with Gasteiger partial charge in [-0.25, -0.2) is 14.8 Å². The molecule has 1 aliphatic heterocycles. The molecule has 1 aromatic carbocycles. The quantitative estimate of drug-likeness (QED) is 0.340. The normalized spacial score (nSPS) is 17.7. The number of aryl methyl sites for hydroxylation is 1. The topological polar surface area (TPSA) is 102 Å². The zero-order valence-electron chi connectivity index (χ0n) is 20.6. The number of nitrogens with zero attached hydrogens (tertiary/aromatic N) is 7. The number of aromatic nitrogens is 7. The van der Waals surface area contributed by atoms with Gasteiger partial charge in [-0.2, -0.15) is 4.98 Å². The van der Waals surface area contributed by atoms with Crippen LogP contribution < -0.4 is 10.4 Å². The standard InChI is InChI=1S/C27H27N7O3/c1-32-12-22(29-16-32)18-2-5-21-20(10-18)26(37-15-17-7-9-36-14-17)31-25(30-21)13-33-24-11-28-8-6-23(24)34(27(33)35)19-3-4-19/h2,5-6,8,10-12,16-17,19H,3-4,7,9,13-15H2,1H3. The molecule has 7 rings (SSSR count). The van der Waals surface area contributed by atoms with Crippen LogP contribution in [-0.4, -0.2) is 53.5 Å². The average molecular weight is 498 g/mol. The fourth-order valence-corrected chi connectivity index (χ4v) is 5.07.